The minimum atomic E-state index is 0.785. The molecule has 146 valence electrons. The molecule has 1 aromatic carbocycles. The Morgan fingerprint density at radius 3 is 2.37 bits per heavy atom. The van der Waals surface area contributed by atoms with Crippen molar-refractivity contribution >= 4 is 11.6 Å². The summed E-state index contributed by atoms with van der Waals surface area (Å²) in [6, 6.07) is 7.92. The minimum Gasteiger partial charge on any atom is -0.493 e. The number of ether oxygens (including phenoxy) is 1. The fourth-order valence-electron chi connectivity index (χ4n) is 2.73. The fourth-order valence-corrected chi connectivity index (χ4v) is 2.86. The second-order valence-electron chi connectivity index (χ2n) is 6.89. The quantitative estimate of drug-likeness (QED) is 0.356. The summed E-state index contributed by atoms with van der Waals surface area (Å²) in [5, 5.41) is 0.785. The van der Waals surface area contributed by atoms with Crippen molar-refractivity contribution in [2.45, 2.75) is 53.9 Å². The van der Waals surface area contributed by atoms with Gasteiger partial charge in [0.25, 0.3) is 0 Å². The third kappa shape index (κ3) is 8.97. The Morgan fingerprint density at radius 1 is 1.19 bits per heavy atom. The van der Waals surface area contributed by atoms with Gasteiger partial charge in [-0.3, -0.25) is 0 Å². The zero-order valence-corrected chi connectivity index (χ0v) is 18.2. The first kappa shape index (κ1) is 23.0. The second-order valence-corrected chi connectivity index (χ2v) is 7.33. The molecule has 0 fully saturated rings. The molecule has 2 rings (SSSR count). The third-order valence-corrected chi connectivity index (χ3v) is 4.63. The average molecular weight is 385 g/mol. The molecule has 0 atom stereocenters. The molecule has 0 radical (unpaired) electrons. The van der Waals surface area contributed by atoms with Crippen molar-refractivity contribution < 1.29 is 4.74 Å². The van der Waals surface area contributed by atoms with Crippen molar-refractivity contribution in [2.24, 2.45) is 0 Å². The third-order valence-electron chi connectivity index (χ3n) is 4.38. The van der Waals surface area contributed by atoms with E-state index in [1.165, 1.54) is 27.9 Å². The lowest BCUT2D eigenvalue weighted by atomic mass is 10.0. The number of hydrogen-bond donors (Lipinski definition) is 0. The van der Waals surface area contributed by atoms with Gasteiger partial charge in [0.1, 0.15) is 5.76 Å². The van der Waals surface area contributed by atoms with Gasteiger partial charge in [-0.2, -0.15) is 0 Å². The van der Waals surface area contributed by atoms with Crippen molar-refractivity contribution in [2.75, 3.05) is 6.61 Å². The largest absolute Gasteiger partial charge is 0.493 e. The smallest absolute Gasteiger partial charge is 0.121 e. The normalized spacial score (nSPS) is 14.9. The van der Waals surface area contributed by atoms with Crippen molar-refractivity contribution in [3.8, 4) is 0 Å². The molecule has 0 aliphatic carbocycles. The fraction of sp³-hybridized carbons (Fsp3) is 0.360. The Bertz CT molecular complexity index is 730. The molecule has 1 aromatic rings. The maximum absolute atomic E-state index is 5.80. The molecule has 0 N–H and O–H groups in total. The van der Waals surface area contributed by atoms with Crippen LogP contribution in [0.2, 0.25) is 5.02 Å². The van der Waals surface area contributed by atoms with Crippen LogP contribution in [0.5, 0.6) is 0 Å². The van der Waals surface area contributed by atoms with Gasteiger partial charge in [-0.1, -0.05) is 65.8 Å². The van der Waals surface area contributed by atoms with Crippen molar-refractivity contribution in [3.63, 3.8) is 0 Å². The second kappa shape index (κ2) is 12.4. The summed E-state index contributed by atoms with van der Waals surface area (Å²) in [6.07, 6.45) is 11.4. The standard InChI is InChI=1S/C13H15Cl.C12H18O/c1-3-4-5-11(2)10-12-6-8-13(14)9-7-12;1-5-9(2)8-11(4)12-10(3)6-7-13-12/h3-4,6-9H,2,5,10H2,1H3;5,8H,6-7H2,1-4H3/b4-3-;9-5-,11-8-. The summed E-state index contributed by atoms with van der Waals surface area (Å²) < 4.78 is 5.56. The SMILES string of the molecule is C/C=C(C)\C=C(\C)C1=C(C)CCO1.C=C(C/C=C\C)Cc1ccc(Cl)cc1. The van der Waals surface area contributed by atoms with E-state index in [1.807, 2.05) is 37.3 Å². The lowest BCUT2D eigenvalue weighted by Crippen LogP contribution is -1.88. The first-order valence-electron chi connectivity index (χ1n) is 9.53. The Kier molecular flexibility index (Phi) is 10.6. The van der Waals surface area contributed by atoms with Crippen molar-refractivity contribution in [3.05, 3.63) is 93.8 Å². The van der Waals surface area contributed by atoms with Crippen molar-refractivity contribution in [1.82, 2.24) is 0 Å². The van der Waals surface area contributed by atoms with Gasteiger partial charge in [0.15, 0.2) is 0 Å². The van der Waals surface area contributed by atoms with E-state index >= 15 is 0 Å². The minimum absolute atomic E-state index is 0.785. The first-order valence-corrected chi connectivity index (χ1v) is 9.91. The van der Waals surface area contributed by atoms with Gasteiger partial charge in [0.05, 0.1) is 6.61 Å². The molecule has 27 heavy (non-hydrogen) atoms. The van der Waals surface area contributed by atoms with Crippen LogP contribution in [0.15, 0.2) is 83.2 Å². The topological polar surface area (TPSA) is 9.23 Å². The lowest BCUT2D eigenvalue weighted by Gasteiger charge is -2.04. The lowest BCUT2D eigenvalue weighted by molar-refractivity contribution is 0.252. The van der Waals surface area contributed by atoms with Crippen LogP contribution < -0.4 is 0 Å². The summed E-state index contributed by atoms with van der Waals surface area (Å²) in [5.41, 5.74) is 6.39. The van der Waals surface area contributed by atoms with Gasteiger partial charge in [0, 0.05) is 11.4 Å². The van der Waals surface area contributed by atoms with Crippen LogP contribution in [-0.2, 0) is 11.2 Å². The Hall–Kier alpha value is -1.99. The molecule has 1 nitrogen and oxygen atoms in total. The summed E-state index contributed by atoms with van der Waals surface area (Å²) in [7, 11) is 0. The summed E-state index contributed by atoms with van der Waals surface area (Å²) in [5.74, 6) is 1.10. The molecule has 1 aliphatic rings. The van der Waals surface area contributed by atoms with Gasteiger partial charge in [-0.25, -0.2) is 0 Å². The van der Waals surface area contributed by atoms with Crippen LogP contribution in [0.3, 0.4) is 0 Å². The first-order chi connectivity index (χ1) is 12.9. The van der Waals surface area contributed by atoms with Crippen LogP contribution >= 0.6 is 11.6 Å². The van der Waals surface area contributed by atoms with Gasteiger partial charge >= 0.3 is 0 Å². The maximum Gasteiger partial charge on any atom is 0.121 e. The predicted octanol–water partition coefficient (Wildman–Crippen LogP) is 8.00. The molecular weight excluding hydrogens is 352 g/mol. The highest BCUT2D eigenvalue weighted by Crippen LogP contribution is 2.25. The monoisotopic (exact) mass is 384 g/mol. The maximum atomic E-state index is 5.80. The van der Waals surface area contributed by atoms with Gasteiger partial charge in [-0.05, 0) is 76.3 Å². The van der Waals surface area contributed by atoms with E-state index in [1.54, 1.807) is 0 Å². The van der Waals surface area contributed by atoms with E-state index in [4.69, 9.17) is 16.3 Å². The highest BCUT2D eigenvalue weighted by molar-refractivity contribution is 6.30. The van der Waals surface area contributed by atoms with Gasteiger partial charge in [-0.15, -0.1) is 0 Å². The Morgan fingerprint density at radius 2 is 1.85 bits per heavy atom. The van der Waals surface area contributed by atoms with Crippen LogP contribution in [0.25, 0.3) is 0 Å². The molecule has 0 amide bonds. The molecule has 0 bridgehead atoms. The molecule has 0 saturated carbocycles. The van der Waals surface area contributed by atoms with E-state index in [0.717, 1.165) is 36.7 Å². The number of halogens is 1. The van der Waals surface area contributed by atoms with Crippen LogP contribution in [-0.4, -0.2) is 6.61 Å². The van der Waals surface area contributed by atoms with E-state index in [0.29, 0.717) is 0 Å². The molecule has 2 heteroatoms. The van der Waals surface area contributed by atoms with Gasteiger partial charge < -0.3 is 4.74 Å². The van der Waals surface area contributed by atoms with E-state index < -0.39 is 0 Å². The van der Waals surface area contributed by atoms with Crippen LogP contribution in [0, 0.1) is 0 Å². The van der Waals surface area contributed by atoms with E-state index in [-0.39, 0.29) is 0 Å². The highest BCUT2D eigenvalue weighted by atomic mass is 35.5. The zero-order valence-electron chi connectivity index (χ0n) is 17.4. The molecular formula is C25H33ClO. The highest BCUT2D eigenvalue weighted by Gasteiger charge is 2.12. The average Bonchev–Trinajstić information content (AvgIpc) is 3.08. The molecule has 0 unspecified atom stereocenters. The summed E-state index contributed by atoms with van der Waals surface area (Å²) in [4.78, 5) is 0. The van der Waals surface area contributed by atoms with E-state index in [9.17, 15) is 0 Å². The molecule has 1 aliphatic heterocycles. The number of hydrogen-bond acceptors (Lipinski definition) is 1. The van der Waals surface area contributed by atoms with E-state index in [2.05, 4.69) is 52.5 Å². The van der Waals surface area contributed by atoms with Crippen LogP contribution in [0.4, 0.5) is 0 Å². The van der Waals surface area contributed by atoms with Crippen LogP contribution in [0.1, 0.15) is 53.0 Å². The number of rotatable bonds is 6. The zero-order chi connectivity index (χ0) is 20.2. The molecule has 0 spiro atoms. The molecule has 0 aromatic heterocycles. The number of benzene rings is 1. The Balaban J connectivity index is 0.000000271. The number of allylic oxidation sites excluding steroid dienone is 7. The predicted molar refractivity (Wildman–Crippen MR) is 120 cm³/mol. The summed E-state index contributed by atoms with van der Waals surface area (Å²) in [6.45, 7) is 15.3. The van der Waals surface area contributed by atoms with Crippen molar-refractivity contribution in [1.29, 1.82) is 0 Å². The Labute approximate surface area is 170 Å². The molecule has 1 heterocycles. The van der Waals surface area contributed by atoms with Gasteiger partial charge in [0.2, 0.25) is 0 Å². The summed E-state index contributed by atoms with van der Waals surface area (Å²) >= 11 is 5.80. The molecule has 0 saturated heterocycles.